The summed E-state index contributed by atoms with van der Waals surface area (Å²) in [4.78, 5) is 21.6. The van der Waals surface area contributed by atoms with Gasteiger partial charge in [-0.1, -0.05) is 28.1 Å². The fourth-order valence-electron chi connectivity index (χ4n) is 0.989. The lowest BCUT2D eigenvalue weighted by atomic mass is 10.2. The summed E-state index contributed by atoms with van der Waals surface area (Å²) in [6, 6.07) is 7.07. The SMILES string of the molecule is CC(=O)NC(=O)NCc1ccc(Br)cc1. The number of rotatable bonds is 2. The van der Waals surface area contributed by atoms with Gasteiger partial charge >= 0.3 is 6.03 Å². The molecule has 80 valence electrons. The van der Waals surface area contributed by atoms with Crippen LogP contribution in [0.15, 0.2) is 28.7 Å². The molecule has 5 heteroatoms. The molecule has 0 saturated carbocycles. The molecule has 1 aromatic carbocycles. The van der Waals surface area contributed by atoms with Crippen molar-refractivity contribution >= 4 is 27.9 Å². The minimum atomic E-state index is -0.481. The fourth-order valence-corrected chi connectivity index (χ4v) is 1.25. The highest BCUT2D eigenvalue weighted by Crippen LogP contribution is 2.09. The van der Waals surface area contributed by atoms with Crippen molar-refractivity contribution in [3.05, 3.63) is 34.3 Å². The molecule has 0 radical (unpaired) electrons. The van der Waals surface area contributed by atoms with Crippen molar-refractivity contribution in [1.82, 2.24) is 10.6 Å². The number of hydrogen-bond donors (Lipinski definition) is 2. The summed E-state index contributed by atoms with van der Waals surface area (Å²) in [7, 11) is 0. The largest absolute Gasteiger partial charge is 0.334 e. The van der Waals surface area contributed by atoms with Crippen LogP contribution < -0.4 is 10.6 Å². The quantitative estimate of drug-likeness (QED) is 0.861. The van der Waals surface area contributed by atoms with Crippen LogP contribution in [0.25, 0.3) is 0 Å². The van der Waals surface area contributed by atoms with Crippen LogP contribution in [-0.2, 0) is 11.3 Å². The summed E-state index contributed by atoms with van der Waals surface area (Å²) >= 11 is 3.31. The zero-order valence-corrected chi connectivity index (χ0v) is 9.80. The van der Waals surface area contributed by atoms with E-state index >= 15 is 0 Å². The standard InChI is InChI=1S/C10H11BrN2O2/c1-7(14)13-10(15)12-6-8-2-4-9(11)5-3-8/h2-5H,6H2,1H3,(H2,12,13,14,15). The maximum atomic E-state index is 11.0. The van der Waals surface area contributed by atoms with Crippen LogP contribution in [0.1, 0.15) is 12.5 Å². The first kappa shape index (κ1) is 11.7. The molecular formula is C10H11BrN2O2. The molecule has 0 heterocycles. The number of benzene rings is 1. The van der Waals surface area contributed by atoms with Crippen LogP contribution in [-0.4, -0.2) is 11.9 Å². The molecule has 1 rings (SSSR count). The van der Waals surface area contributed by atoms with Gasteiger partial charge in [0.25, 0.3) is 0 Å². The summed E-state index contributed by atoms with van der Waals surface area (Å²) < 4.78 is 0.986. The molecule has 2 N–H and O–H groups in total. The Labute approximate surface area is 96.2 Å². The van der Waals surface area contributed by atoms with E-state index in [1.807, 2.05) is 24.3 Å². The lowest BCUT2D eigenvalue weighted by molar-refractivity contribution is -0.117. The minimum absolute atomic E-state index is 0.372. The predicted octanol–water partition coefficient (Wildman–Crippen LogP) is 1.79. The van der Waals surface area contributed by atoms with Crippen LogP contribution >= 0.6 is 15.9 Å². The molecule has 0 atom stereocenters. The molecule has 15 heavy (non-hydrogen) atoms. The molecule has 0 aliphatic carbocycles. The average Bonchev–Trinajstić information content (AvgIpc) is 2.16. The van der Waals surface area contributed by atoms with Gasteiger partial charge in [-0.25, -0.2) is 4.79 Å². The minimum Gasteiger partial charge on any atom is -0.334 e. The van der Waals surface area contributed by atoms with Crippen LogP contribution in [0.3, 0.4) is 0 Å². The van der Waals surface area contributed by atoms with E-state index in [1.165, 1.54) is 6.92 Å². The normalized spacial score (nSPS) is 9.47. The van der Waals surface area contributed by atoms with Gasteiger partial charge in [0.05, 0.1) is 0 Å². The third-order valence-corrected chi connectivity index (χ3v) is 2.18. The molecular weight excluding hydrogens is 260 g/mol. The Hall–Kier alpha value is -1.36. The third-order valence-electron chi connectivity index (χ3n) is 1.66. The number of imide groups is 1. The van der Waals surface area contributed by atoms with Gasteiger partial charge in [-0.15, -0.1) is 0 Å². The fraction of sp³-hybridized carbons (Fsp3) is 0.200. The van der Waals surface area contributed by atoms with E-state index < -0.39 is 6.03 Å². The van der Waals surface area contributed by atoms with E-state index in [1.54, 1.807) is 0 Å². The number of carbonyl (C=O) groups is 2. The van der Waals surface area contributed by atoms with E-state index in [0.29, 0.717) is 6.54 Å². The van der Waals surface area contributed by atoms with Crippen LogP contribution in [0.4, 0.5) is 4.79 Å². The summed E-state index contributed by atoms with van der Waals surface area (Å²) in [6.07, 6.45) is 0. The Morgan fingerprint density at radius 2 is 1.87 bits per heavy atom. The van der Waals surface area contributed by atoms with E-state index in [2.05, 4.69) is 26.6 Å². The molecule has 0 saturated heterocycles. The second-order valence-corrected chi connectivity index (χ2v) is 3.91. The summed E-state index contributed by atoms with van der Waals surface area (Å²) in [5.74, 6) is -0.372. The van der Waals surface area contributed by atoms with Crippen molar-refractivity contribution in [3.63, 3.8) is 0 Å². The molecule has 1 aromatic rings. The number of hydrogen-bond acceptors (Lipinski definition) is 2. The van der Waals surface area contributed by atoms with Gasteiger partial charge in [-0.2, -0.15) is 0 Å². The zero-order chi connectivity index (χ0) is 11.3. The summed E-state index contributed by atoms with van der Waals surface area (Å²) in [5, 5.41) is 4.69. The molecule has 4 nitrogen and oxygen atoms in total. The zero-order valence-electron chi connectivity index (χ0n) is 8.21. The first-order valence-electron chi connectivity index (χ1n) is 4.38. The van der Waals surface area contributed by atoms with E-state index in [0.717, 1.165) is 10.0 Å². The van der Waals surface area contributed by atoms with E-state index in [9.17, 15) is 9.59 Å². The van der Waals surface area contributed by atoms with Crippen LogP contribution in [0.5, 0.6) is 0 Å². The Kier molecular flexibility index (Phi) is 4.30. The molecule has 0 aromatic heterocycles. The number of halogens is 1. The van der Waals surface area contributed by atoms with Crippen molar-refractivity contribution in [1.29, 1.82) is 0 Å². The van der Waals surface area contributed by atoms with Crippen molar-refractivity contribution < 1.29 is 9.59 Å². The van der Waals surface area contributed by atoms with Gasteiger partial charge in [0, 0.05) is 17.9 Å². The molecule has 0 unspecified atom stereocenters. The highest BCUT2D eigenvalue weighted by molar-refractivity contribution is 9.10. The van der Waals surface area contributed by atoms with E-state index in [-0.39, 0.29) is 5.91 Å². The second kappa shape index (κ2) is 5.50. The number of urea groups is 1. The maximum absolute atomic E-state index is 11.0. The average molecular weight is 271 g/mol. The molecule has 0 bridgehead atoms. The topological polar surface area (TPSA) is 58.2 Å². The maximum Gasteiger partial charge on any atom is 0.321 e. The monoisotopic (exact) mass is 270 g/mol. The molecule has 0 fully saturated rings. The van der Waals surface area contributed by atoms with Crippen molar-refractivity contribution in [3.8, 4) is 0 Å². The Bertz CT molecular complexity index is 362. The van der Waals surface area contributed by atoms with Crippen LogP contribution in [0, 0.1) is 0 Å². The van der Waals surface area contributed by atoms with Crippen molar-refractivity contribution in [2.24, 2.45) is 0 Å². The second-order valence-electron chi connectivity index (χ2n) is 2.99. The molecule has 0 aliphatic heterocycles. The highest BCUT2D eigenvalue weighted by Gasteiger charge is 2.01. The van der Waals surface area contributed by atoms with E-state index in [4.69, 9.17) is 0 Å². The third kappa shape index (κ3) is 4.60. The van der Waals surface area contributed by atoms with Gasteiger partial charge in [-0.05, 0) is 17.7 Å². The molecule has 3 amide bonds. The van der Waals surface area contributed by atoms with Crippen molar-refractivity contribution in [2.75, 3.05) is 0 Å². The Morgan fingerprint density at radius 1 is 1.27 bits per heavy atom. The van der Waals surface area contributed by atoms with Gasteiger partial charge < -0.3 is 5.32 Å². The Balaban J connectivity index is 2.40. The number of amides is 3. The summed E-state index contributed by atoms with van der Waals surface area (Å²) in [6.45, 7) is 1.69. The lowest BCUT2D eigenvalue weighted by Crippen LogP contribution is -2.37. The lowest BCUT2D eigenvalue weighted by Gasteiger charge is -2.04. The van der Waals surface area contributed by atoms with Gasteiger partial charge in [0.2, 0.25) is 5.91 Å². The van der Waals surface area contributed by atoms with Gasteiger partial charge in [0.1, 0.15) is 0 Å². The number of carbonyl (C=O) groups excluding carboxylic acids is 2. The van der Waals surface area contributed by atoms with Gasteiger partial charge in [-0.3, -0.25) is 10.1 Å². The smallest absolute Gasteiger partial charge is 0.321 e. The predicted molar refractivity (Wildman–Crippen MR) is 60.2 cm³/mol. The van der Waals surface area contributed by atoms with Gasteiger partial charge in [0.15, 0.2) is 0 Å². The molecule has 0 spiro atoms. The first-order chi connectivity index (χ1) is 7.08. The number of nitrogens with one attached hydrogen (secondary N) is 2. The van der Waals surface area contributed by atoms with Crippen molar-refractivity contribution in [2.45, 2.75) is 13.5 Å². The molecule has 0 aliphatic rings. The first-order valence-corrected chi connectivity index (χ1v) is 5.17. The Morgan fingerprint density at radius 3 is 2.40 bits per heavy atom. The highest BCUT2D eigenvalue weighted by atomic mass is 79.9. The summed E-state index contributed by atoms with van der Waals surface area (Å²) in [5.41, 5.74) is 0.969. The van der Waals surface area contributed by atoms with Crippen LogP contribution in [0.2, 0.25) is 0 Å².